The Hall–Kier alpha value is -0.950. The fourth-order valence-electron chi connectivity index (χ4n) is 3.49. The molecular formula is C14H22N4OS. The molecule has 2 unspecified atom stereocenters. The van der Waals surface area contributed by atoms with Gasteiger partial charge in [0.25, 0.3) is 5.91 Å². The topological polar surface area (TPSA) is 61.6 Å². The summed E-state index contributed by atoms with van der Waals surface area (Å²) in [7, 11) is 2.25. The summed E-state index contributed by atoms with van der Waals surface area (Å²) in [6.07, 6.45) is 3.88. The van der Waals surface area contributed by atoms with Crippen molar-refractivity contribution in [3.05, 3.63) is 21.9 Å². The molecule has 2 saturated heterocycles. The first-order valence-corrected chi connectivity index (χ1v) is 8.08. The van der Waals surface area contributed by atoms with Crippen LogP contribution < -0.4 is 11.3 Å². The Morgan fingerprint density at radius 2 is 2.25 bits per heavy atom. The van der Waals surface area contributed by atoms with Gasteiger partial charge < -0.3 is 0 Å². The second-order valence-electron chi connectivity index (χ2n) is 5.82. The second kappa shape index (κ2) is 5.81. The van der Waals surface area contributed by atoms with Crippen molar-refractivity contribution < 1.29 is 4.79 Å². The summed E-state index contributed by atoms with van der Waals surface area (Å²) in [5, 5.41) is 1.97. The summed E-state index contributed by atoms with van der Waals surface area (Å²) in [5.41, 5.74) is 3.33. The van der Waals surface area contributed by atoms with E-state index in [1.165, 1.54) is 30.6 Å². The first-order valence-electron chi connectivity index (χ1n) is 7.20. The molecule has 0 aliphatic carbocycles. The number of hydrazine groups is 1. The minimum absolute atomic E-state index is 0.177. The highest BCUT2D eigenvalue weighted by molar-refractivity contribution is 7.12. The summed E-state index contributed by atoms with van der Waals surface area (Å²) in [6, 6.07) is 3.47. The molecule has 110 valence electrons. The second-order valence-corrected chi connectivity index (χ2v) is 6.74. The Labute approximate surface area is 123 Å². The van der Waals surface area contributed by atoms with Gasteiger partial charge in [-0.05, 0) is 43.3 Å². The fraction of sp³-hybridized carbons (Fsp3) is 0.643. The molecule has 2 bridgehead atoms. The lowest BCUT2D eigenvalue weighted by atomic mass is 10.1. The minimum Gasteiger partial charge on any atom is -0.299 e. The molecule has 0 aromatic carbocycles. The van der Waals surface area contributed by atoms with Gasteiger partial charge in [0, 0.05) is 31.7 Å². The summed E-state index contributed by atoms with van der Waals surface area (Å²) < 4.78 is 0. The van der Waals surface area contributed by atoms with Crippen LogP contribution >= 0.6 is 11.3 Å². The molecule has 0 spiro atoms. The Balaban J connectivity index is 1.69. The Kier molecular flexibility index (Phi) is 4.07. The van der Waals surface area contributed by atoms with Crippen molar-refractivity contribution in [2.45, 2.75) is 37.9 Å². The van der Waals surface area contributed by atoms with Crippen LogP contribution in [-0.4, -0.2) is 47.9 Å². The molecule has 2 atom stereocenters. The van der Waals surface area contributed by atoms with Gasteiger partial charge in [0.2, 0.25) is 0 Å². The van der Waals surface area contributed by atoms with E-state index in [-0.39, 0.29) is 5.91 Å². The van der Waals surface area contributed by atoms with E-state index in [4.69, 9.17) is 5.84 Å². The molecule has 2 fully saturated rings. The molecule has 0 saturated carbocycles. The van der Waals surface area contributed by atoms with Crippen LogP contribution in [0.15, 0.2) is 11.4 Å². The van der Waals surface area contributed by atoms with Gasteiger partial charge in [-0.15, -0.1) is 11.3 Å². The third-order valence-electron chi connectivity index (χ3n) is 4.71. The minimum atomic E-state index is -0.177. The predicted molar refractivity (Wildman–Crippen MR) is 80.4 cm³/mol. The summed E-state index contributed by atoms with van der Waals surface area (Å²) in [4.78, 5) is 17.5. The Bertz CT molecular complexity index is 489. The average Bonchev–Trinajstić information content (AvgIpc) is 2.98. The molecule has 20 heavy (non-hydrogen) atoms. The number of carbonyl (C=O) groups is 1. The molecule has 3 N–H and O–H groups in total. The van der Waals surface area contributed by atoms with E-state index < -0.39 is 0 Å². The lowest BCUT2D eigenvalue weighted by molar-refractivity contribution is 0.0955. The van der Waals surface area contributed by atoms with Gasteiger partial charge in [-0.1, -0.05) is 0 Å². The van der Waals surface area contributed by atoms with Crippen LogP contribution in [0.4, 0.5) is 0 Å². The maximum Gasteiger partial charge on any atom is 0.275 e. The van der Waals surface area contributed by atoms with Crippen LogP contribution in [0.1, 0.15) is 34.5 Å². The number of hydrogen-bond donors (Lipinski definition) is 2. The van der Waals surface area contributed by atoms with E-state index in [1.54, 1.807) is 0 Å². The summed E-state index contributed by atoms with van der Waals surface area (Å²) in [5.74, 6) is 5.07. The largest absolute Gasteiger partial charge is 0.299 e. The van der Waals surface area contributed by atoms with Crippen LogP contribution in [-0.2, 0) is 6.54 Å². The van der Waals surface area contributed by atoms with E-state index >= 15 is 0 Å². The first-order chi connectivity index (χ1) is 9.69. The molecule has 3 rings (SSSR count). The maximum absolute atomic E-state index is 11.7. The van der Waals surface area contributed by atoms with Crippen LogP contribution in [0.3, 0.4) is 0 Å². The lowest BCUT2D eigenvalue weighted by Crippen LogP contribution is -2.36. The highest BCUT2D eigenvalue weighted by Gasteiger charge is 2.34. The van der Waals surface area contributed by atoms with Gasteiger partial charge in [0.15, 0.2) is 0 Å². The van der Waals surface area contributed by atoms with Gasteiger partial charge in [-0.3, -0.25) is 20.0 Å². The number of nitrogens with zero attached hydrogens (tertiary/aromatic N) is 2. The number of likely N-dealkylation sites (tertiary alicyclic amines) is 1. The number of thiophene rings is 1. The molecule has 1 aromatic rings. The smallest absolute Gasteiger partial charge is 0.275 e. The van der Waals surface area contributed by atoms with Crippen LogP contribution in [0.2, 0.25) is 0 Å². The van der Waals surface area contributed by atoms with Gasteiger partial charge in [-0.25, -0.2) is 5.84 Å². The number of nitrogen functional groups attached to an aromatic ring is 1. The molecule has 2 aliphatic heterocycles. The third-order valence-corrected chi connectivity index (χ3v) is 5.67. The van der Waals surface area contributed by atoms with Gasteiger partial charge >= 0.3 is 0 Å². The number of amides is 1. The average molecular weight is 294 g/mol. The molecular weight excluding hydrogens is 272 g/mol. The highest BCUT2D eigenvalue weighted by atomic mass is 32.1. The number of nitrogens with one attached hydrogen (secondary N) is 1. The van der Waals surface area contributed by atoms with Crippen molar-refractivity contribution in [2.24, 2.45) is 5.84 Å². The van der Waals surface area contributed by atoms with E-state index in [9.17, 15) is 4.79 Å². The van der Waals surface area contributed by atoms with Crippen molar-refractivity contribution in [1.29, 1.82) is 0 Å². The molecule has 3 heterocycles. The van der Waals surface area contributed by atoms with E-state index in [2.05, 4.69) is 22.3 Å². The zero-order valence-electron chi connectivity index (χ0n) is 11.8. The quantitative estimate of drug-likeness (QED) is 0.496. The summed E-state index contributed by atoms with van der Waals surface area (Å²) >= 11 is 1.46. The molecule has 6 heteroatoms. The van der Waals surface area contributed by atoms with Gasteiger partial charge in [-0.2, -0.15) is 0 Å². The van der Waals surface area contributed by atoms with Crippen molar-refractivity contribution in [3.8, 4) is 0 Å². The van der Waals surface area contributed by atoms with Crippen LogP contribution in [0.25, 0.3) is 0 Å². The van der Waals surface area contributed by atoms with E-state index in [0.29, 0.717) is 6.04 Å². The van der Waals surface area contributed by atoms with Gasteiger partial charge in [0.05, 0.1) is 4.88 Å². The van der Waals surface area contributed by atoms with Crippen molar-refractivity contribution in [3.63, 3.8) is 0 Å². The molecule has 0 radical (unpaired) electrons. The predicted octanol–water partition coefficient (Wildman–Crippen LogP) is 1.02. The first kappa shape index (κ1) is 14.0. The van der Waals surface area contributed by atoms with Gasteiger partial charge in [0.1, 0.15) is 0 Å². The summed E-state index contributed by atoms with van der Waals surface area (Å²) in [6.45, 7) is 3.07. The Morgan fingerprint density at radius 1 is 1.45 bits per heavy atom. The third kappa shape index (κ3) is 2.61. The maximum atomic E-state index is 11.7. The van der Waals surface area contributed by atoms with E-state index in [1.807, 2.05) is 11.4 Å². The number of hydrogen-bond acceptors (Lipinski definition) is 5. The molecule has 1 amide bonds. The standard InChI is InChI=1S/C14H22N4OS/c1-17-11-2-3-12(17)9-18(6-4-11)8-10-5-7-20-13(10)14(19)16-15/h5,7,11-12H,2-4,6,8-9,15H2,1H3,(H,16,19). The van der Waals surface area contributed by atoms with Crippen molar-refractivity contribution in [2.75, 3.05) is 20.1 Å². The fourth-order valence-corrected chi connectivity index (χ4v) is 4.31. The highest BCUT2D eigenvalue weighted by Crippen LogP contribution is 2.29. The molecule has 5 nitrogen and oxygen atoms in total. The zero-order valence-corrected chi connectivity index (χ0v) is 12.7. The van der Waals surface area contributed by atoms with Crippen LogP contribution in [0.5, 0.6) is 0 Å². The number of rotatable bonds is 3. The lowest BCUT2D eigenvalue weighted by Gasteiger charge is -2.25. The molecule has 1 aromatic heterocycles. The number of likely N-dealkylation sites (N-methyl/N-ethyl adjacent to an activating group) is 1. The monoisotopic (exact) mass is 294 g/mol. The number of nitrogens with two attached hydrogens (primary N) is 1. The number of carbonyl (C=O) groups excluding carboxylic acids is 1. The Morgan fingerprint density at radius 3 is 3.05 bits per heavy atom. The van der Waals surface area contributed by atoms with E-state index in [0.717, 1.165) is 36.1 Å². The number of fused-ring (bicyclic) bond motifs is 2. The normalized spacial score (nSPS) is 27.5. The molecule has 2 aliphatic rings. The zero-order chi connectivity index (χ0) is 14.1. The van der Waals surface area contributed by atoms with Crippen molar-refractivity contribution >= 4 is 17.2 Å². The SMILES string of the molecule is CN1C2CCC1CN(Cc1ccsc1C(=O)NN)CC2. The van der Waals surface area contributed by atoms with Crippen LogP contribution in [0, 0.1) is 0 Å². The van der Waals surface area contributed by atoms with Crippen molar-refractivity contribution in [1.82, 2.24) is 15.2 Å².